The van der Waals surface area contributed by atoms with Crippen LogP contribution in [-0.4, -0.2) is 59.3 Å². The number of methoxy groups -OCH3 is 1. The first-order valence-electron chi connectivity index (χ1n) is 12.2. The Morgan fingerprint density at radius 2 is 1.94 bits per heavy atom. The largest absolute Gasteiger partial charge is 0.396 e. The molecule has 2 fully saturated rings. The number of likely N-dealkylation sites (tertiary alicyclic amines) is 1. The summed E-state index contributed by atoms with van der Waals surface area (Å²) in [4.78, 5) is 41.9. The summed E-state index contributed by atoms with van der Waals surface area (Å²) in [5, 5.41) is 13.2. The number of carbonyl (C=O) groups is 2. The van der Waals surface area contributed by atoms with E-state index in [1.165, 1.54) is 6.07 Å². The lowest BCUT2D eigenvalue weighted by atomic mass is 9.84. The van der Waals surface area contributed by atoms with Crippen LogP contribution in [0.5, 0.6) is 0 Å². The molecule has 1 saturated carbocycles. The number of halogens is 1. The van der Waals surface area contributed by atoms with E-state index >= 15 is 0 Å². The van der Waals surface area contributed by atoms with Crippen molar-refractivity contribution in [3.8, 4) is 11.1 Å². The first-order chi connectivity index (χ1) is 17.0. The number of ether oxygens (including phenoxy) is 1. The summed E-state index contributed by atoms with van der Waals surface area (Å²) >= 11 is 0. The molecule has 0 radical (unpaired) electrons. The Hall–Kier alpha value is -3.04. The number of hydrogen-bond donors (Lipinski definition) is 2. The Labute approximate surface area is 202 Å². The molecule has 3 heterocycles. The minimum Gasteiger partial charge on any atom is -0.396 e. The van der Waals surface area contributed by atoms with Gasteiger partial charge in [0.2, 0.25) is 11.8 Å². The van der Waals surface area contributed by atoms with Gasteiger partial charge in [0.05, 0.1) is 18.2 Å². The molecule has 2 aliphatic heterocycles. The van der Waals surface area contributed by atoms with Crippen molar-refractivity contribution in [1.82, 2.24) is 14.8 Å². The number of hydrogen-bond acceptors (Lipinski definition) is 5. The highest BCUT2D eigenvalue weighted by atomic mass is 19.1. The monoisotopic (exact) mass is 483 g/mol. The lowest BCUT2D eigenvalue weighted by Gasteiger charge is -2.36. The molecule has 2 N–H and O–H groups in total. The Morgan fingerprint density at radius 3 is 2.60 bits per heavy atom. The fourth-order valence-corrected chi connectivity index (χ4v) is 5.86. The Balaban J connectivity index is 1.56. The Kier molecular flexibility index (Phi) is 6.46. The number of aliphatic hydroxyl groups excluding tert-OH is 1. The minimum absolute atomic E-state index is 0.104. The molecular formula is C26H30FN3O5. The van der Waals surface area contributed by atoms with Gasteiger partial charge < -0.3 is 24.6 Å². The van der Waals surface area contributed by atoms with Crippen LogP contribution in [0.15, 0.2) is 41.2 Å². The second-order valence-electron chi connectivity index (χ2n) is 9.62. The predicted octanol–water partition coefficient (Wildman–Crippen LogP) is 1.71. The number of rotatable bonds is 7. The molecule has 0 bridgehead atoms. The van der Waals surface area contributed by atoms with Gasteiger partial charge in [0.1, 0.15) is 11.9 Å². The molecule has 4 atom stereocenters. The van der Waals surface area contributed by atoms with Crippen molar-refractivity contribution >= 4 is 11.8 Å². The molecule has 1 aromatic carbocycles. The summed E-state index contributed by atoms with van der Waals surface area (Å²) in [7, 11) is 1.54. The van der Waals surface area contributed by atoms with Gasteiger partial charge in [-0.15, -0.1) is 0 Å². The quantitative estimate of drug-likeness (QED) is 0.584. The van der Waals surface area contributed by atoms with Gasteiger partial charge in [-0.2, -0.15) is 0 Å². The third-order valence-corrected chi connectivity index (χ3v) is 7.82. The van der Waals surface area contributed by atoms with Crippen LogP contribution in [0.25, 0.3) is 11.1 Å². The molecule has 186 valence electrons. The lowest BCUT2D eigenvalue weighted by molar-refractivity contribution is -0.147. The number of benzene rings is 1. The average Bonchev–Trinajstić information content (AvgIpc) is 3.34. The zero-order valence-corrected chi connectivity index (χ0v) is 19.7. The predicted molar refractivity (Wildman–Crippen MR) is 126 cm³/mol. The van der Waals surface area contributed by atoms with Gasteiger partial charge in [0.25, 0.3) is 5.56 Å². The number of aromatic nitrogens is 1. The molecule has 8 nitrogen and oxygen atoms in total. The van der Waals surface area contributed by atoms with E-state index in [2.05, 4.69) is 5.32 Å². The summed E-state index contributed by atoms with van der Waals surface area (Å²) in [5.74, 6) is -1.88. The molecule has 5 rings (SSSR count). The topological polar surface area (TPSA) is 101 Å². The van der Waals surface area contributed by atoms with E-state index in [0.717, 1.165) is 19.3 Å². The fraction of sp³-hybridized carbons (Fsp3) is 0.500. The van der Waals surface area contributed by atoms with Crippen molar-refractivity contribution in [1.29, 1.82) is 0 Å². The number of nitrogens with zero attached hydrogens (tertiary/aromatic N) is 2. The van der Waals surface area contributed by atoms with Crippen LogP contribution in [0.3, 0.4) is 0 Å². The first kappa shape index (κ1) is 23.7. The number of pyridine rings is 1. The number of fused-ring (bicyclic) bond motifs is 3. The average molecular weight is 484 g/mol. The van der Waals surface area contributed by atoms with Gasteiger partial charge in [0.15, 0.2) is 0 Å². The molecule has 3 aliphatic rings. The molecule has 1 aromatic heterocycles. The van der Waals surface area contributed by atoms with Crippen LogP contribution in [-0.2, 0) is 20.9 Å². The molecule has 9 heteroatoms. The van der Waals surface area contributed by atoms with Crippen LogP contribution in [0.4, 0.5) is 4.39 Å². The van der Waals surface area contributed by atoms with E-state index in [1.807, 2.05) is 0 Å². The molecule has 0 spiro atoms. The molecule has 2 aromatic rings. The van der Waals surface area contributed by atoms with Crippen molar-refractivity contribution in [2.75, 3.05) is 26.9 Å². The highest BCUT2D eigenvalue weighted by molar-refractivity contribution is 5.90. The van der Waals surface area contributed by atoms with Crippen LogP contribution >= 0.6 is 0 Å². The molecule has 35 heavy (non-hydrogen) atoms. The van der Waals surface area contributed by atoms with E-state index in [0.29, 0.717) is 18.8 Å². The van der Waals surface area contributed by atoms with Gasteiger partial charge in [-0.05, 0) is 31.0 Å². The molecule has 0 unspecified atom stereocenters. The number of amides is 2. The lowest BCUT2D eigenvalue weighted by Crippen LogP contribution is -2.52. The fourth-order valence-electron chi connectivity index (χ4n) is 5.86. The van der Waals surface area contributed by atoms with Crippen molar-refractivity contribution in [3.63, 3.8) is 0 Å². The van der Waals surface area contributed by atoms with Crippen LogP contribution in [0.1, 0.15) is 31.0 Å². The highest BCUT2D eigenvalue weighted by Gasteiger charge is 2.58. The van der Waals surface area contributed by atoms with Crippen molar-refractivity contribution in [2.24, 2.45) is 17.8 Å². The SMILES string of the molecule is COCCNC(=O)[C@@H]1[C@@H](CO)[C@@H]2Cn3c(ccc(-c4ccccc4F)c3=O)[C@@H]2N1C(=O)C1CCC1. The smallest absolute Gasteiger partial charge is 0.258 e. The molecule has 1 saturated heterocycles. The zero-order valence-electron chi connectivity index (χ0n) is 19.7. The Morgan fingerprint density at radius 1 is 1.17 bits per heavy atom. The van der Waals surface area contributed by atoms with Gasteiger partial charge in [-0.1, -0.05) is 24.6 Å². The van der Waals surface area contributed by atoms with E-state index in [1.54, 1.807) is 46.9 Å². The van der Waals surface area contributed by atoms with E-state index in [9.17, 15) is 23.9 Å². The maximum absolute atomic E-state index is 14.4. The summed E-state index contributed by atoms with van der Waals surface area (Å²) < 4.78 is 21.0. The number of carbonyl (C=O) groups excluding carboxylic acids is 2. The molecule has 2 amide bonds. The maximum atomic E-state index is 14.4. The van der Waals surface area contributed by atoms with Gasteiger partial charge in [0, 0.05) is 55.8 Å². The highest BCUT2D eigenvalue weighted by Crippen LogP contribution is 2.50. The van der Waals surface area contributed by atoms with E-state index in [4.69, 9.17) is 4.74 Å². The number of aliphatic hydroxyl groups is 1. The maximum Gasteiger partial charge on any atom is 0.258 e. The van der Waals surface area contributed by atoms with Crippen molar-refractivity contribution < 1.29 is 23.8 Å². The summed E-state index contributed by atoms with van der Waals surface area (Å²) in [6.07, 6.45) is 2.51. The van der Waals surface area contributed by atoms with Gasteiger partial charge in [-0.3, -0.25) is 14.4 Å². The Bertz CT molecular complexity index is 1190. The van der Waals surface area contributed by atoms with Gasteiger partial charge in [-0.25, -0.2) is 4.39 Å². The third kappa shape index (κ3) is 3.87. The summed E-state index contributed by atoms with van der Waals surface area (Å²) in [6.45, 7) is 0.596. The molecule has 1 aliphatic carbocycles. The van der Waals surface area contributed by atoms with Crippen LogP contribution in [0, 0.1) is 23.6 Å². The number of nitrogens with one attached hydrogen (secondary N) is 1. The second-order valence-corrected chi connectivity index (χ2v) is 9.62. The van der Waals surface area contributed by atoms with Crippen molar-refractivity contribution in [2.45, 2.75) is 37.9 Å². The second kappa shape index (κ2) is 9.54. The first-order valence-corrected chi connectivity index (χ1v) is 12.2. The molecular weight excluding hydrogens is 453 g/mol. The summed E-state index contributed by atoms with van der Waals surface area (Å²) in [6, 6.07) is 8.17. The normalized spacial score (nSPS) is 25.2. The van der Waals surface area contributed by atoms with E-state index < -0.39 is 23.8 Å². The standard InChI is InChI=1S/C26H30FN3O5/c1-35-12-11-28-24(32)23-19(14-31)18-13-29-21(22(18)30(23)25(33)15-5-4-6-15)10-9-17(26(29)34)16-7-2-3-8-20(16)27/h2-3,7-10,15,18-19,22-23,31H,4-6,11-14H2,1H3,(H,28,32)/t18-,19-,22+,23-/m0/s1. The van der Waals surface area contributed by atoms with Crippen molar-refractivity contribution in [3.05, 3.63) is 58.3 Å². The van der Waals surface area contributed by atoms with Gasteiger partial charge >= 0.3 is 0 Å². The third-order valence-electron chi connectivity index (χ3n) is 7.82. The summed E-state index contributed by atoms with van der Waals surface area (Å²) in [5.41, 5.74) is 0.758. The minimum atomic E-state index is -0.824. The zero-order chi connectivity index (χ0) is 24.7. The van der Waals surface area contributed by atoms with E-state index in [-0.39, 0.29) is 53.5 Å². The van der Waals surface area contributed by atoms with Crippen LogP contribution in [0.2, 0.25) is 0 Å². The van der Waals surface area contributed by atoms with Crippen LogP contribution < -0.4 is 10.9 Å².